The van der Waals surface area contributed by atoms with Crippen molar-refractivity contribution >= 4 is 52.6 Å². The molecule has 1 fully saturated rings. The minimum absolute atomic E-state index is 0.105. The molecule has 0 aliphatic carbocycles. The minimum atomic E-state index is -0.651. The monoisotopic (exact) mass is 548 g/mol. The highest BCUT2D eigenvalue weighted by atomic mass is 35.5. The number of nitrogens with one attached hydrogen (secondary N) is 3. The third-order valence-electron chi connectivity index (χ3n) is 5.36. The van der Waals surface area contributed by atoms with Crippen LogP contribution in [0.1, 0.15) is 16.9 Å². The van der Waals surface area contributed by atoms with Crippen LogP contribution in [0, 0.1) is 23.0 Å². The van der Waals surface area contributed by atoms with E-state index < -0.39 is 23.7 Å². The summed E-state index contributed by atoms with van der Waals surface area (Å²) in [6.45, 7) is 0.179. The number of benzene rings is 2. The Bertz CT molecular complexity index is 1350. The first kappa shape index (κ1) is 26.0. The molecule has 1 aliphatic heterocycles. The number of thiazole rings is 1. The normalized spacial score (nSPS) is 17.9. The zero-order chi connectivity index (χ0) is 25.8. The van der Waals surface area contributed by atoms with Crippen molar-refractivity contribution in [3.05, 3.63) is 69.7 Å². The van der Waals surface area contributed by atoms with E-state index in [2.05, 4.69) is 20.3 Å². The van der Waals surface area contributed by atoms with Gasteiger partial charge in [0.1, 0.15) is 22.7 Å². The number of anilines is 1. The highest BCUT2D eigenvalue weighted by Crippen LogP contribution is 2.28. The summed E-state index contributed by atoms with van der Waals surface area (Å²) < 4.78 is 32.4. The summed E-state index contributed by atoms with van der Waals surface area (Å²) in [5.74, 6) is -1.80. The largest absolute Gasteiger partial charge is 0.350 e. The molecule has 2 amide bonds. The summed E-state index contributed by atoms with van der Waals surface area (Å²) in [4.78, 5) is 30.5. The number of rotatable bonds is 6. The number of carbonyl (C=O) groups excluding carboxylic acids is 2. The van der Waals surface area contributed by atoms with Gasteiger partial charge in [0.2, 0.25) is 11.8 Å². The second-order valence-electron chi connectivity index (χ2n) is 7.83. The lowest BCUT2D eigenvalue weighted by Crippen LogP contribution is -2.53. The molecule has 2 atom stereocenters. The molecule has 36 heavy (non-hydrogen) atoms. The predicted octanol–water partition coefficient (Wildman–Crippen LogP) is 4.09. The van der Waals surface area contributed by atoms with E-state index in [4.69, 9.17) is 16.9 Å². The van der Waals surface area contributed by atoms with Gasteiger partial charge in [0.25, 0.3) is 0 Å². The van der Waals surface area contributed by atoms with Gasteiger partial charge in [-0.3, -0.25) is 9.59 Å². The third kappa shape index (κ3) is 6.00. The molecular formula is C23H19ClF2N6O2S2. The average molecular weight is 549 g/mol. The van der Waals surface area contributed by atoms with Gasteiger partial charge >= 0.3 is 0 Å². The van der Waals surface area contributed by atoms with Crippen LogP contribution in [-0.4, -0.2) is 40.2 Å². The van der Waals surface area contributed by atoms with E-state index >= 15 is 0 Å². The number of nitriles is 1. The third-order valence-corrected chi connectivity index (χ3v) is 7.61. The first-order valence-electron chi connectivity index (χ1n) is 10.6. The number of nitrogens with zero attached hydrogens (tertiary/aromatic N) is 3. The lowest BCUT2D eigenvalue weighted by Gasteiger charge is -2.34. The van der Waals surface area contributed by atoms with Gasteiger partial charge in [0.05, 0.1) is 29.2 Å². The molecular weight excluding hydrogens is 530 g/mol. The van der Waals surface area contributed by atoms with E-state index in [1.807, 2.05) is 6.07 Å². The van der Waals surface area contributed by atoms with E-state index in [9.17, 15) is 18.4 Å². The molecule has 4 rings (SSSR count). The molecule has 186 valence electrons. The van der Waals surface area contributed by atoms with Crippen LogP contribution in [0.25, 0.3) is 10.6 Å². The van der Waals surface area contributed by atoms with Crippen molar-refractivity contribution in [2.24, 2.45) is 0 Å². The Balaban J connectivity index is 1.34. The van der Waals surface area contributed by atoms with Crippen molar-refractivity contribution in [2.45, 2.75) is 25.0 Å². The Hall–Kier alpha value is -3.08. The van der Waals surface area contributed by atoms with Gasteiger partial charge in [-0.2, -0.15) is 5.26 Å². The molecule has 3 aromatic rings. The van der Waals surface area contributed by atoms with Crippen LogP contribution in [0.5, 0.6) is 0 Å². The minimum Gasteiger partial charge on any atom is -0.350 e. The zero-order valence-electron chi connectivity index (χ0n) is 18.7. The molecule has 1 aromatic heterocycles. The van der Waals surface area contributed by atoms with Gasteiger partial charge in [0.15, 0.2) is 0 Å². The molecule has 2 heterocycles. The number of hydrogen-bond donors (Lipinski definition) is 3. The fourth-order valence-corrected chi connectivity index (χ4v) is 5.30. The molecule has 3 N–H and O–H groups in total. The summed E-state index contributed by atoms with van der Waals surface area (Å²) in [6, 6.07) is 8.66. The van der Waals surface area contributed by atoms with Gasteiger partial charge < -0.3 is 10.6 Å². The van der Waals surface area contributed by atoms with Crippen molar-refractivity contribution in [3.63, 3.8) is 0 Å². The lowest BCUT2D eigenvalue weighted by atomic mass is 10.1. The molecule has 2 unspecified atom stereocenters. The quantitative estimate of drug-likeness (QED) is 0.398. The van der Waals surface area contributed by atoms with E-state index in [0.29, 0.717) is 15.6 Å². The number of halogens is 3. The summed E-state index contributed by atoms with van der Waals surface area (Å²) in [6.07, 6.45) is 1.75. The maximum absolute atomic E-state index is 14.3. The zero-order valence-corrected chi connectivity index (χ0v) is 21.1. The highest BCUT2D eigenvalue weighted by molar-refractivity contribution is 7.95. The second-order valence-corrected chi connectivity index (χ2v) is 10.4. The molecule has 13 heteroatoms. The molecule has 0 radical (unpaired) electrons. The van der Waals surface area contributed by atoms with Crippen LogP contribution in [0.15, 0.2) is 42.6 Å². The van der Waals surface area contributed by atoms with Crippen LogP contribution in [0.4, 0.5) is 14.5 Å². The van der Waals surface area contributed by atoms with Gasteiger partial charge in [-0.1, -0.05) is 11.6 Å². The smallest absolute Gasteiger partial charge is 0.242 e. The van der Waals surface area contributed by atoms with Crippen LogP contribution in [0.3, 0.4) is 0 Å². The fourth-order valence-electron chi connectivity index (χ4n) is 3.43. The number of likely N-dealkylation sites (N-methyl/N-ethyl adjacent to an activating group) is 1. The van der Waals surface area contributed by atoms with Gasteiger partial charge in [0, 0.05) is 34.5 Å². The summed E-state index contributed by atoms with van der Waals surface area (Å²) in [7, 11) is 1.72. The van der Waals surface area contributed by atoms with Crippen LogP contribution >= 0.6 is 35.1 Å². The predicted molar refractivity (Wildman–Crippen MR) is 135 cm³/mol. The van der Waals surface area contributed by atoms with Crippen molar-refractivity contribution in [2.75, 3.05) is 12.4 Å². The van der Waals surface area contributed by atoms with Crippen molar-refractivity contribution in [3.8, 4) is 16.6 Å². The number of carbonyl (C=O) groups is 2. The maximum atomic E-state index is 14.3. The first-order valence-corrected chi connectivity index (χ1v) is 12.6. The Morgan fingerprint density at radius 3 is 2.78 bits per heavy atom. The Kier molecular flexibility index (Phi) is 8.17. The highest BCUT2D eigenvalue weighted by Gasteiger charge is 2.35. The fraction of sp³-hybridized carbons (Fsp3) is 0.217. The second kappa shape index (κ2) is 11.3. The number of hydrogen-bond acceptors (Lipinski definition) is 8. The Labute approximate surface area is 218 Å². The summed E-state index contributed by atoms with van der Waals surface area (Å²) in [5.41, 5.74) is 0.850. The van der Waals surface area contributed by atoms with Crippen molar-refractivity contribution < 1.29 is 18.4 Å². The molecule has 8 nitrogen and oxygen atoms in total. The molecule has 0 saturated carbocycles. The maximum Gasteiger partial charge on any atom is 0.242 e. The van der Waals surface area contributed by atoms with E-state index in [-0.39, 0.29) is 40.9 Å². The van der Waals surface area contributed by atoms with Gasteiger partial charge in [-0.05, 0) is 49.9 Å². The molecule has 1 aliphatic rings. The number of amides is 2. The number of aromatic nitrogens is 1. The lowest BCUT2D eigenvalue weighted by molar-refractivity contribution is -0.124. The van der Waals surface area contributed by atoms with E-state index in [1.165, 1.54) is 35.6 Å². The van der Waals surface area contributed by atoms with Crippen LogP contribution < -0.4 is 15.4 Å². The Morgan fingerprint density at radius 1 is 1.25 bits per heavy atom. The summed E-state index contributed by atoms with van der Waals surface area (Å²) >= 11 is 8.14. The summed E-state index contributed by atoms with van der Waals surface area (Å²) in [5, 5.41) is 14.7. The molecule has 2 aromatic carbocycles. The van der Waals surface area contributed by atoms with Gasteiger partial charge in [-0.15, -0.1) is 11.3 Å². The molecule has 1 saturated heterocycles. The standard InChI is InChI=1S/C23H19ClF2N6O2S2/c1-32-20(22(34)30-13-3-5-17(25)16(24)7-13)8-19(31-36-32)21(33)28-10-14-11-29-23(35-14)15-4-2-12(9-27)6-18(15)26/h2-7,11,19-20,31H,8,10H2,1H3,(H,28,33)(H,30,34). The van der Waals surface area contributed by atoms with E-state index in [1.54, 1.807) is 17.5 Å². The topological polar surface area (TPSA) is 110 Å². The first-order chi connectivity index (χ1) is 17.2. The van der Waals surface area contributed by atoms with Crippen molar-refractivity contribution in [1.82, 2.24) is 19.3 Å². The molecule has 0 bridgehead atoms. The Morgan fingerprint density at radius 2 is 2.06 bits per heavy atom. The van der Waals surface area contributed by atoms with Crippen LogP contribution in [0.2, 0.25) is 5.02 Å². The van der Waals surface area contributed by atoms with E-state index in [0.717, 1.165) is 24.3 Å². The SMILES string of the molecule is CN1SNC(C(=O)NCc2cnc(-c3ccc(C#N)cc3F)s2)CC1C(=O)Nc1ccc(F)c(Cl)c1. The van der Waals surface area contributed by atoms with Gasteiger partial charge in [-0.25, -0.2) is 22.8 Å². The molecule has 0 spiro atoms. The van der Waals surface area contributed by atoms with Crippen LogP contribution in [-0.2, 0) is 16.1 Å². The van der Waals surface area contributed by atoms with Crippen molar-refractivity contribution in [1.29, 1.82) is 5.26 Å². The average Bonchev–Trinajstić information content (AvgIpc) is 3.33.